The number of carbonyl (C=O) groups excluding carboxylic acids is 1. The number of ether oxygens (including phenoxy) is 2. The fraction of sp³-hybridized carbons (Fsp3) is 0.875. The average molecular weight is 326 g/mol. The lowest BCUT2D eigenvalue weighted by atomic mass is 9.89. The van der Waals surface area contributed by atoms with E-state index >= 15 is 0 Å². The number of carbonyl (C=O) groups is 1. The maximum Gasteiger partial charge on any atom is 0.409 e. The summed E-state index contributed by atoms with van der Waals surface area (Å²) in [4.78, 5) is 18.2. The summed E-state index contributed by atoms with van der Waals surface area (Å²) < 4.78 is 10.3. The number of guanidine groups is 1. The van der Waals surface area contributed by atoms with Crippen molar-refractivity contribution >= 4 is 12.1 Å². The number of amides is 1. The van der Waals surface area contributed by atoms with E-state index in [0.29, 0.717) is 12.6 Å². The summed E-state index contributed by atoms with van der Waals surface area (Å²) in [5.41, 5.74) is 0.176. The first-order valence-corrected chi connectivity index (χ1v) is 8.60. The second-order valence-electron chi connectivity index (χ2n) is 6.60. The minimum Gasteiger partial charge on any atom is -0.450 e. The maximum absolute atomic E-state index is 11.7. The number of piperidine rings is 1. The Hall–Kier alpha value is -1.50. The molecule has 23 heavy (non-hydrogen) atoms. The Labute approximate surface area is 138 Å². The monoisotopic (exact) mass is 326 g/mol. The molecule has 2 saturated heterocycles. The minimum absolute atomic E-state index is 0.176. The lowest BCUT2D eigenvalue weighted by molar-refractivity contribution is -0.0945. The van der Waals surface area contributed by atoms with Crippen molar-refractivity contribution in [1.29, 1.82) is 0 Å². The molecule has 0 atom stereocenters. The van der Waals surface area contributed by atoms with Crippen molar-refractivity contribution in [3.63, 3.8) is 0 Å². The highest BCUT2D eigenvalue weighted by atomic mass is 16.6. The highest BCUT2D eigenvalue weighted by Crippen LogP contribution is 2.26. The molecule has 0 spiro atoms. The molecule has 0 aromatic heterocycles. The van der Waals surface area contributed by atoms with Crippen LogP contribution in [0.1, 0.15) is 33.6 Å². The Morgan fingerprint density at radius 3 is 2.57 bits per heavy atom. The van der Waals surface area contributed by atoms with Gasteiger partial charge in [-0.05, 0) is 26.7 Å². The van der Waals surface area contributed by atoms with E-state index in [1.807, 2.05) is 6.92 Å². The molecule has 7 nitrogen and oxygen atoms in total. The van der Waals surface area contributed by atoms with Gasteiger partial charge in [-0.15, -0.1) is 0 Å². The van der Waals surface area contributed by atoms with E-state index in [-0.39, 0.29) is 11.5 Å². The summed E-state index contributed by atoms with van der Waals surface area (Å²) in [7, 11) is 0. The molecule has 0 bridgehead atoms. The molecule has 0 radical (unpaired) electrons. The average Bonchev–Trinajstić information content (AvgIpc) is 2.52. The molecule has 7 heteroatoms. The molecule has 132 valence electrons. The van der Waals surface area contributed by atoms with Gasteiger partial charge in [0.15, 0.2) is 5.96 Å². The molecule has 2 aliphatic heterocycles. The SMILES string of the molecule is CCNC(=NCC1(C)COC1)NC1CCN(C(=O)OCC)CC1. The Bertz CT molecular complexity index is 416. The van der Waals surface area contributed by atoms with Crippen LogP contribution in [0.15, 0.2) is 4.99 Å². The van der Waals surface area contributed by atoms with Gasteiger partial charge >= 0.3 is 6.09 Å². The van der Waals surface area contributed by atoms with Gasteiger partial charge < -0.3 is 25.0 Å². The predicted molar refractivity (Wildman–Crippen MR) is 89.7 cm³/mol. The zero-order valence-electron chi connectivity index (χ0n) is 14.6. The van der Waals surface area contributed by atoms with Gasteiger partial charge in [0, 0.05) is 31.1 Å². The van der Waals surface area contributed by atoms with E-state index in [4.69, 9.17) is 14.5 Å². The number of hydrogen-bond donors (Lipinski definition) is 2. The van der Waals surface area contributed by atoms with Crippen LogP contribution in [0.3, 0.4) is 0 Å². The lowest BCUT2D eigenvalue weighted by Gasteiger charge is -2.37. The van der Waals surface area contributed by atoms with Crippen molar-refractivity contribution in [3.8, 4) is 0 Å². The first-order valence-electron chi connectivity index (χ1n) is 8.60. The van der Waals surface area contributed by atoms with Crippen molar-refractivity contribution in [2.75, 3.05) is 46.0 Å². The Morgan fingerprint density at radius 2 is 2.04 bits per heavy atom. The molecular weight excluding hydrogens is 296 g/mol. The molecule has 0 aromatic carbocycles. The van der Waals surface area contributed by atoms with Gasteiger partial charge in [0.05, 0.1) is 26.4 Å². The van der Waals surface area contributed by atoms with Gasteiger partial charge in [-0.25, -0.2) is 4.79 Å². The summed E-state index contributed by atoms with van der Waals surface area (Å²) >= 11 is 0. The first-order chi connectivity index (χ1) is 11.1. The molecule has 0 unspecified atom stereocenters. The number of aliphatic imine (C=N–C) groups is 1. The van der Waals surface area contributed by atoms with E-state index in [1.165, 1.54) is 0 Å². The highest BCUT2D eigenvalue weighted by molar-refractivity contribution is 5.80. The van der Waals surface area contributed by atoms with E-state index in [1.54, 1.807) is 4.90 Å². The largest absolute Gasteiger partial charge is 0.450 e. The van der Waals surface area contributed by atoms with Gasteiger partial charge in [-0.1, -0.05) is 6.92 Å². The van der Waals surface area contributed by atoms with E-state index in [9.17, 15) is 4.79 Å². The standard InChI is InChI=1S/C16H30N4O3/c1-4-17-14(18-10-16(3)11-22-12-16)19-13-6-8-20(9-7-13)15(21)23-5-2/h13H,4-12H2,1-3H3,(H2,17,18,19). The van der Waals surface area contributed by atoms with E-state index < -0.39 is 0 Å². The lowest BCUT2D eigenvalue weighted by Crippen LogP contribution is -2.50. The second-order valence-corrected chi connectivity index (χ2v) is 6.60. The van der Waals surface area contributed by atoms with E-state index in [0.717, 1.165) is 58.2 Å². The smallest absolute Gasteiger partial charge is 0.409 e. The molecule has 0 aliphatic carbocycles. The van der Waals surface area contributed by atoms with Crippen molar-refractivity contribution in [3.05, 3.63) is 0 Å². The third-order valence-electron chi connectivity index (χ3n) is 4.23. The predicted octanol–water partition coefficient (Wildman–Crippen LogP) is 1.20. The molecule has 0 aromatic rings. The fourth-order valence-corrected chi connectivity index (χ4v) is 2.75. The number of hydrogen-bond acceptors (Lipinski definition) is 4. The maximum atomic E-state index is 11.7. The molecule has 2 N–H and O–H groups in total. The molecule has 1 amide bonds. The van der Waals surface area contributed by atoms with Crippen molar-refractivity contribution in [2.24, 2.45) is 10.4 Å². The van der Waals surface area contributed by atoms with Crippen LogP contribution in [0, 0.1) is 5.41 Å². The third-order valence-corrected chi connectivity index (χ3v) is 4.23. The Morgan fingerprint density at radius 1 is 1.35 bits per heavy atom. The van der Waals surface area contributed by atoms with Gasteiger partial charge in [-0.3, -0.25) is 4.99 Å². The van der Waals surface area contributed by atoms with Crippen LogP contribution in [0.25, 0.3) is 0 Å². The van der Waals surface area contributed by atoms with Gasteiger partial charge in [0.25, 0.3) is 0 Å². The van der Waals surface area contributed by atoms with Crippen LogP contribution >= 0.6 is 0 Å². The third kappa shape index (κ3) is 5.27. The Kier molecular flexibility index (Phi) is 6.50. The fourth-order valence-electron chi connectivity index (χ4n) is 2.75. The molecule has 2 fully saturated rings. The van der Waals surface area contributed by atoms with Crippen LogP contribution in [0.2, 0.25) is 0 Å². The number of nitrogens with zero attached hydrogens (tertiary/aromatic N) is 2. The minimum atomic E-state index is -0.204. The second kappa shape index (κ2) is 8.38. The summed E-state index contributed by atoms with van der Waals surface area (Å²) in [6, 6.07) is 0.337. The molecular formula is C16H30N4O3. The summed E-state index contributed by atoms with van der Waals surface area (Å²) in [5.74, 6) is 0.857. The van der Waals surface area contributed by atoms with Gasteiger partial charge in [-0.2, -0.15) is 0 Å². The van der Waals surface area contributed by atoms with Crippen LogP contribution in [0.4, 0.5) is 4.79 Å². The Balaban J connectivity index is 1.79. The van der Waals surface area contributed by atoms with Gasteiger partial charge in [0.1, 0.15) is 0 Å². The molecule has 2 rings (SSSR count). The summed E-state index contributed by atoms with van der Waals surface area (Å²) in [6.45, 7) is 11.1. The van der Waals surface area contributed by atoms with Crippen molar-refractivity contribution in [2.45, 2.75) is 39.7 Å². The number of rotatable bonds is 5. The zero-order chi connectivity index (χ0) is 16.7. The molecule has 2 aliphatic rings. The number of likely N-dealkylation sites (tertiary alicyclic amines) is 1. The molecule has 2 heterocycles. The topological polar surface area (TPSA) is 75.2 Å². The van der Waals surface area contributed by atoms with Crippen LogP contribution in [-0.4, -0.2) is 69.0 Å². The number of nitrogens with one attached hydrogen (secondary N) is 2. The first kappa shape index (κ1) is 17.8. The highest BCUT2D eigenvalue weighted by Gasteiger charge is 2.33. The van der Waals surface area contributed by atoms with Crippen molar-refractivity contribution < 1.29 is 14.3 Å². The van der Waals surface area contributed by atoms with Gasteiger partial charge in [0.2, 0.25) is 0 Å². The van der Waals surface area contributed by atoms with Crippen molar-refractivity contribution in [1.82, 2.24) is 15.5 Å². The quantitative estimate of drug-likeness (QED) is 0.586. The van der Waals surface area contributed by atoms with Crippen LogP contribution in [0.5, 0.6) is 0 Å². The normalized spacial score (nSPS) is 21.5. The van der Waals surface area contributed by atoms with Crippen LogP contribution < -0.4 is 10.6 Å². The summed E-state index contributed by atoms with van der Waals surface area (Å²) in [5, 5.41) is 6.79. The van der Waals surface area contributed by atoms with Crippen LogP contribution in [-0.2, 0) is 9.47 Å². The zero-order valence-corrected chi connectivity index (χ0v) is 14.6. The molecule has 0 saturated carbocycles. The van der Waals surface area contributed by atoms with E-state index in [2.05, 4.69) is 24.5 Å². The summed E-state index contributed by atoms with van der Waals surface area (Å²) in [6.07, 6.45) is 1.61.